The first-order valence-corrected chi connectivity index (χ1v) is 5.85. The van der Waals surface area contributed by atoms with E-state index in [0.717, 1.165) is 0 Å². The van der Waals surface area contributed by atoms with Crippen molar-refractivity contribution in [2.24, 2.45) is 0 Å². The number of ether oxygens (including phenoxy) is 3. The highest BCUT2D eigenvalue weighted by molar-refractivity contribution is 5.51. The number of alkyl halides is 2. The lowest BCUT2D eigenvalue weighted by atomic mass is 10.1. The van der Waals surface area contributed by atoms with Gasteiger partial charge >= 0.3 is 0 Å². The summed E-state index contributed by atoms with van der Waals surface area (Å²) < 4.78 is 38.6. The summed E-state index contributed by atoms with van der Waals surface area (Å²) >= 11 is 0. The normalized spacial score (nSPS) is 13.2. The van der Waals surface area contributed by atoms with E-state index < -0.39 is 13.0 Å². The summed E-state index contributed by atoms with van der Waals surface area (Å²) in [4.78, 5) is 0. The lowest BCUT2D eigenvalue weighted by Crippen LogP contribution is -2.20. The summed E-state index contributed by atoms with van der Waals surface area (Å²) in [5.41, 5.74) is 0.651. The molecule has 1 aromatic rings. The Morgan fingerprint density at radius 1 is 1.32 bits per heavy atom. The van der Waals surface area contributed by atoms with Crippen molar-refractivity contribution in [3.8, 4) is 17.2 Å². The maximum absolute atomic E-state index is 11.8. The smallest absolute Gasteiger partial charge is 0.261 e. The maximum Gasteiger partial charge on any atom is 0.261 e. The summed E-state index contributed by atoms with van der Waals surface area (Å²) in [6, 6.07) is 3.18. The third-order valence-corrected chi connectivity index (χ3v) is 2.56. The van der Waals surface area contributed by atoms with Crippen LogP contribution in [0.4, 0.5) is 8.78 Å². The van der Waals surface area contributed by atoms with Gasteiger partial charge in [0.05, 0.1) is 6.61 Å². The molecule has 0 saturated heterocycles. The standard InChI is InChI=1S/C12H15F2NO4/c13-12(14)6-17-2-1-15-5-8-3-10-11(4-9(8)16)19-7-18-10/h3-4,12,15-16H,1-2,5-7H2. The average Bonchev–Trinajstić information content (AvgIpc) is 2.80. The lowest BCUT2D eigenvalue weighted by Gasteiger charge is -2.08. The molecule has 0 spiro atoms. The number of hydrogen-bond donors (Lipinski definition) is 2. The summed E-state index contributed by atoms with van der Waals surface area (Å²) in [5, 5.41) is 12.7. The van der Waals surface area contributed by atoms with Crippen molar-refractivity contribution in [1.82, 2.24) is 5.32 Å². The number of phenolic OH excluding ortho intramolecular Hbond substituents is 1. The zero-order valence-electron chi connectivity index (χ0n) is 10.2. The number of hydrogen-bond acceptors (Lipinski definition) is 5. The van der Waals surface area contributed by atoms with Crippen molar-refractivity contribution in [2.45, 2.75) is 13.0 Å². The molecule has 0 aliphatic carbocycles. The van der Waals surface area contributed by atoms with Gasteiger partial charge in [-0.15, -0.1) is 0 Å². The van der Waals surface area contributed by atoms with E-state index >= 15 is 0 Å². The summed E-state index contributed by atoms with van der Waals surface area (Å²) in [7, 11) is 0. The Morgan fingerprint density at radius 2 is 2.05 bits per heavy atom. The van der Waals surface area contributed by atoms with Crippen molar-refractivity contribution in [2.75, 3.05) is 26.6 Å². The Kier molecular flexibility index (Phi) is 4.75. The predicted octanol–water partition coefficient (Wildman–Crippen LogP) is 1.49. The quantitative estimate of drug-likeness (QED) is 0.738. The topological polar surface area (TPSA) is 60.0 Å². The van der Waals surface area contributed by atoms with E-state index in [1.807, 2.05) is 0 Å². The fourth-order valence-corrected chi connectivity index (χ4v) is 1.65. The molecule has 1 aliphatic heterocycles. The molecule has 2 rings (SSSR count). The number of phenols is 1. The number of rotatable bonds is 7. The molecule has 0 amide bonds. The Bertz CT molecular complexity index is 428. The Morgan fingerprint density at radius 3 is 2.79 bits per heavy atom. The second kappa shape index (κ2) is 6.53. The first kappa shape index (κ1) is 13.8. The van der Waals surface area contributed by atoms with Gasteiger partial charge in [0.1, 0.15) is 12.4 Å². The molecule has 19 heavy (non-hydrogen) atoms. The minimum atomic E-state index is -2.45. The van der Waals surface area contributed by atoms with Gasteiger partial charge in [-0.25, -0.2) is 8.78 Å². The van der Waals surface area contributed by atoms with E-state index in [1.165, 1.54) is 6.07 Å². The number of nitrogens with one attached hydrogen (secondary N) is 1. The van der Waals surface area contributed by atoms with Crippen LogP contribution in [0.1, 0.15) is 5.56 Å². The Hall–Kier alpha value is -1.60. The fourth-order valence-electron chi connectivity index (χ4n) is 1.65. The van der Waals surface area contributed by atoms with Gasteiger partial charge < -0.3 is 24.6 Å². The molecule has 0 fully saturated rings. The first-order valence-electron chi connectivity index (χ1n) is 5.85. The van der Waals surface area contributed by atoms with Gasteiger partial charge in [0.25, 0.3) is 6.43 Å². The Labute approximate surface area is 109 Å². The molecular formula is C12H15F2NO4. The van der Waals surface area contributed by atoms with Crippen molar-refractivity contribution < 1.29 is 28.1 Å². The van der Waals surface area contributed by atoms with Crippen molar-refractivity contribution >= 4 is 0 Å². The van der Waals surface area contributed by atoms with Gasteiger partial charge in [-0.2, -0.15) is 0 Å². The minimum Gasteiger partial charge on any atom is -0.507 e. The number of benzene rings is 1. The highest BCUT2D eigenvalue weighted by Gasteiger charge is 2.16. The first-order chi connectivity index (χ1) is 9.16. The maximum atomic E-state index is 11.8. The molecule has 7 heteroatoms. The molecule has 0 bridgehead atoms. The number of halogens is 2. The Balaban J connectivity index is 1.74. The highest BCUT2D eigenvalue weighted by Crippen LogP contribution is 2.37. The molecular weight excluding hydrogens is 260 g/mol. The van der Waals surface area contributed by atoms with Crippen LogP contribution in [0.15, 0.2) is 12.1 Å². The molecule has 5 nitrogen and oxygen atoms in total. The van der Waals surface area contributed by atoms with Crippen LogP contribution in [0.5, 0.6) is 17.2 Å². The molecule has 0 aromatic heterocycles. The zero-order chi connectivity index (χ0) is 13.7. The van der Waals surface area contributed by atoms with Gasteiger partial charge in [-0.3, -0.25) is 0 Å². The van der Waals surface area contributed by atoms with Gasteiger partial charge in [-0.1, -0.05) is 0 Å². The minimum absolute atomic E-state index is 0.102. The van der Waals surface area contributed by atoms with Crippen molar-refractivity contribution in [3.63, 3.8) is 0 Å². The zero-order valence-corrected chi connectivity index (χ0v) is 10.2. The van der Waals surface area contributed by atoms with E-state index in [2.05, 4.69) is 5.32 Å². The predicted molar refractivity (Wildman–Crippen MR) is 62.8 cm³/mol. The van der Waals surface area contributed by atoms with Crippen LogP contribution in [-0.2, 0) is 11.3 Å². The van der Waals surface area contributed by atoms with Crippen LogP contribution in [0, 0.1) is 0 Å². The van der Waals surface area contributed by atoms with Crippen LogP contribution < -0.4 is 14.8 Å². The highest BCUT2D eigenvalue weighted by atomic mass is 19.3. The van der Waals surface area contributed by atoms with Crippen LogP contribution in [0.2, 0.25) is 0 Å². The van der Waals surface area contributed by atoms with E-state index in [9.17, 15) is 13.9 Å². The van der Waals surface area contributed by atoms with E-state index in [0.29, 0.717) is 30.2 Å². The lowest BCUT2D eigenvalue weighted by molar-refractivity contribution is 0.0187. The van der Waals surface area contributed by atoms with Crippen molar-refractivity contribution in [1.29, 1.82) is 0 Å². The summed E-state index contributed by atoms with van der Waals surface area (Å²) in [6.07, 6.45) is -2.45. The second-order valence-corrected chi connectivity index (χ2v) is 3.98. The molecule has 1 heterocycles. The van der Waals surface area contributed by atoms with Crippen LogP contribution >= 0.6 is 0 Å². The van der Waals surface area contributed by atoms with Crippen molar-refractivity contribution in [3.05, 3.63) is 17.7 Å². The van der Waals surface area contributed by atoms with E-state index in [-0.39, 0.29) is 19.1 Å². The molecule has 1 aromatic carbocycles. The number of fused-ring (bicyclic) bond motifs is 1. The van der Waals surface area contributed by atoms with Crippen LogP contribution in [-0.4, -0.2) is 38.1 Å². The summed E-state index contributed by atoms with van der Waals surface area (Å²) in [5.74, 6) is 1.20. The third-order valence-electron chi connectivity index (χ3n) is 2.56. The average molecular weight is 275 g/mol. The van der Waals surface area contributed by atoms with Gasteiger partial charge in [0.15, 0.2) is 11.5 Å². The fraction of sp³-hybridized carbons (Fsp3) is 0.500. The van der Waals surface area contributed by atoms with Gasteiger partial charge in [0, 0.05) is 24.7 Å². The molecule has 0 radical (unpaired) electrons. The second-order valence-electron chi connectivity index (χ2n) is 3.98. The van der Waals surface area contributed by atoms with E-state index in [4.69, 9.17) is 14.2 Å². The number of aromatic hydroxyl groups is 1. The van der Waals surface area contributed by atoms with Gasteiger partial charge in [-0.05, 0) is 6.07 Å². The molecule has 0 atom stereocenters. The molecule has 106 valence electrons. The molecule has 1 aliphatic rings. The molecule has 2 N–H and O–H groups in total. The third kappa shape index (κ3) is 3.93. The van der Waals surface area contributed by atoms with Gasteiger partial charge in [0.2, 0.25) is 6.79 Å². The van der Waals surface area contributed by atoms with E-state index in [1.54, 1.807) is 6.07 Å². The summed E-state index contributed by atoms with van der Waals surface area (Å²) in [6.45, 7) is 0.584. The molecule has 0 saturated carbocycles. The van der Waals surface area contributed by atoms with Crippen LogP contribution in [0.25, 0.3) is 0 Å². The largest absolute Gasteiger partial charge is 0.507 e. The van der Waals surface area contributed by atoms with Crippen LogP contribution in [0.3, 0.4) is 0 Å². The monoisotopic (exact) mass is 275 g/mol. The molecule has 0 unspecified atom stereocenters. The SMILES string of the molecule is Oc1cc2c(cc1CNCCOCC(F)F)OCO2.